The highest BCUT2D eigenvalue weighted by atomic mass is 32.1. The Kier molecular flexibility index (Phi) is 4.87. The molecule has 134 valence electrons. The van der Waals surface area contributed by atoms with Crippen LogP contribution in [0.25, 0.3) is 0 Å². The van der Waals surface area contributed by atoms with Gasteiger partial charge in [0.25, 0.3) is 0 Å². The predicted octanol–water partition coefficient (Wildman–Crippen LogP) is 4.70. The molecule has 0 fully saturated rings. The highest BCUT2D eigenvalue weighted by Crippen LogP contribution is 2.31. The van der Waals surface area contributed by atoms with Gasteiger partial charge in [-0.3, -0.25) is 4.79 Å². The number of hydrogen-bond acceptors (Lipinski definition) is 4. The van der Waals surface area contributed by atoms with Crippen LogP contribution in [0.15, 0.2) is 17.6 Å². The lowest BCUT2D eigenvalue weighted by atomic mass is 9.92. The molecule has 1 N–H and O–H groups in total. The van der Waals surface area contributed by atoms with Gasteiger partial charge < -0.3 is 10.2 Å². The first-order valence-electron chi connectivity index (χ1n) is 8.80. The molecule has 0 bridgehead atoms. The summed E-state index contributed by atoms with van der Waals surface area (Å²) in [6.07, 6.45) is 1.58. The van der Waals surface area contributed by atoms with Crippen molar-refractivity contribution in [1.29, 1.82) is 0 Å². The first-order valence-corrected chi connectivity index (χ1v) is 9.68. The van der Waals surface area contributed by atoms with E-state index in [1.54, 1.807) is 11.3 Å². The van der Waals surface area contributed by atoms with Crippen molar-refractivity contribution < 1.29 is 4.79 Å². The first kappa shape index (κ1) is 17.9. The number of nitrogens with zero attached hydrogens (tertiary/aromatic N) is 2. The lowest BCUT2D eigenvalue weighted by Gasteiger charge is -2.29. The van der Waals surface area contributed by atoms with E-state index in [4.69, 9.17) is 0 Å². The Morgan fingerprint density at radius 1 is 1.28 bits per heavy atom. The number of amides is 1. The molecule has 0 aliphatic carbocycles. The zero-order chi connectivity index (χ0) is 18.2. The van der Waals surface area contributed by atoms with Crippen LogP contribution in [0.2, 0.25) is 0 Å². The van der Waals surface area contributed by atoms with Gasteiger partial charge in [-0.1, -0.05) is 20.8 Å². The molecule has 1 aromatic carbocycles. The second kappa shape index (κ2) is 6.79. The number of hydrogen-bond donors (Lipinski definition) is 1. The third-order valence-corrected chi connectivity index (χ3v) is 5.45. The third kappa shape index (κ3) is 4.21. The topological polar surface area (TPSA) is 45.2 Å². The van der Waals surface area contributed by atoms with Crippen LogP contribution in [-0.2, 0) is 17.8 Å². The second-order valence-corrected chi connectivity index (χ2v) is 9.07. The van der Waals surface area contributed by atoms with E-state index in [0.717, 1.165) is 36.3 Å². The summed E-state index contributed by atoms with van der Waals surface area (Å²) in [7, 11) is 0. The third-order valence-electron chi connectivity index (χ3n) is 4.51. The van der Waals surface area contributed by atoms with Gasteiger partial charge in [-0.15, -0.1) is 11.3 Å². The number of aryl methyl sites for hydroxylation is 2. The SMILES string of the molecule is Cc1cc(N2CCc3scnc3C2)cc(C)c1NC(=O)CC(C)(C)C. The highest BCUT2D eigenvalue weighted by molar-refractivity contribution is 7.09. The molecule has 1 aliphatic heterocycles. The van der Waals surface area contributed by atoms with Crippen molar-refractivity contribution in [2.75, 3.05) is 16.8 Å². The van der Waals surface area contributed by atoms with Gasteiger partial charge in [-0.25, -0.2) is 4.98 Å². The number of fused-ring (bicyclic) bond motifs is 1. The summed E-state index contributed by atoms with van der Waals surface area (Å²) in [5.41, 5.74) is 7.52. The van der Waals surface area contributed by atoms with Gasteiger partial charge in [0.1, 0.15) is 0 Å². The summed E-state index contributed by atoms with van der Waals surface area (Å²) in [6.45, 7) is 12.3. The molecule has 1 aromatic heterocycles. The monoisotopic (exact) mass is 357 g/mol. The van der Waals surface area contributed by atoms with E-state index >= 15 is 0 Å². The van der Waals surface area contributed by atoms with E-state index in [0.29, 0.717) is 6.42 Å². The van der Waals surface area contributed by atoms with Gasteiger partial charge in [-0.2, -0.15) is 0 Å². The molecule has 2 heterocycles. The fourth-order valence-corrected chi connectivity index (χ4v) is 4.10. The number of aromatic nitrogens is 1. The molecule has 0 radical (unpaired) electrons. The number of benzene rings is 1. The number of thiazole rings is 1. The predicted molar refractivity (Wildman–Crippen MR) is 105 cm³/mol. The zero-order valence-electron chi connectivity index (χ0n) is 15.8. The minimum atomic E-state index is -0.00905. The average Bonchev–Trinajstić information content (AvgIpc) is 2.96. The van der Waals surface area contributed by atoms with Crippen molar-refractivity contribution in [1.82, 2.24) is 4.98 Å². The standard InChI is InChI=1S/C20H27N3OS/c1-13-8-15(23-7-6-17-16(11-23)21-12-25-17)9-14(2)19(13)22-18(24)10-20(3,4)5/h8-9,12H,6-7,10-11H2,1-5H3,(H,22,24). The van der Waals surface area contributed by atoms with Crippen molar-refractivity contribution in [2.24, 2.45) is 5.41 Å². The van der Waals surface area contributed by atoms with Crippen molar-refractivity contribution in [3.63, 3.8) is 0 Å². The van der Waals surface area contributed by atoms with Crippen LogP contribution in [0.5, 0.6) is 0 Å². The molecule has 3 rings (SSSR count). The number of carbonyl (C=O) groups excluding carboxylic acids is 1. The Hall–Kier alpha value is -1.88. The lowest BCUT2D eigenvalue weighted by Crippen LogP contribution is -2.30. The van der Waals surface area contributed by atoms with E-state index in [-0.39, 0.29) is 11.3 Å². The molecule has 0 spiro atoms. The van der Waals surface area contributed by atoms with E-state index in [9.17, 15) is 4.79 Å². The molecule has 25 heavy (non-hydrogen) atoms. The highest BCUT2D eigenvalue weighted by Gasteiger charge is 2.21. The van der Waals surface area contributed by atoms with Crippen LogP contribution < -0.4 is 10.2 Å². The number of anilines is 2. The van der Waals surface area contributed by atoms with Gasteiger partial charge in [0.05, 0.1) is 17.7 Å². The molecule has 2 aromatic rings. The maximum absolute atomic E-state index is 12.3. The van der Waals surface area contributed by atoms with Crippen LogP contribution in [0.4, 0.5) is 11.4 Å². The van der Waals surface area contributed by atoms with E-state index in [1.165, 1.54) is 16.3 Å². The number of rotatable bonds is 3. The normalized spacial score (nSPS) is 14.4. The van der Waals surface area contributed by atoms with Gasteiger partial charge in [-0.05, 0) is 42.5 Å². The Labute approximate surface area is 154 Å². The molecule has 0 unspecified atom stereocenters. The summed E-state index contributed by atoms with van der Waals surface area (Å²) >= 11 is 1.76. The van der Waals surface area contributed by atoms with Crippen molar-refractivity contribution in [3.8, 4) is 0 Å². The van der Waals surface area contributed by atoms with Crippen LogP contribution >= 0.6 is 11.3 Å². The molecule has 1 amide bonds. The summed E-state index contributed by atoms with van der Waals surface area (Å²) in [5.74, 6) is 0.0801. The van der Waals surface area contributed by atoms with Gasteiger partial charge >= 0.3 is 0 Å². The Morgan fingerprint density at radius 2 is 1.96 bits per heavy atom. The number of carbonyl (C=O) groups is 1. The quantitative estimate of drug-likeness (QED) is 0.866. The molecular weight excluding hydrogens is 330 g/mol. The molecule has 4 nitrogen and oxygen atoms in total. The van der Waals surface area contributed by atoms with Crippen molar-refractivity contribution in [2.45, 2.75) is 54.0 Å². The Morgan fingerprint density at radius 3 is 2.60 bits per heavy atom. The molecule has 0 saturated heterocycles. The maximum Gasteiger partial charge on any atom is 0.224 e. The lowest BCUT2D eigenvalue weighted by molar-refractivity contribution is -0.117. The molecule has 5 heteroatoms. The van der Waals surface area contributed by atoms with Crippen molar-refractivity contribution in [3.05, 3.63) is 39.3 Å². The maximum atomic E-state index is 12.3. The Bertz CT molecular complexity index is 765. The number of nitrogens with one attached hydrogen (secondary N) is 1. The van der Waals surface area contributed by atoms with Crippen LogP contribution in [-0.4, -0.2) is 17.4 Å². The van der Waals surface area contributed by atoms with Crippen LogP contribution in [0.1, 0.15) is 48.9 Å². The zero-order valence-corrected chi connectivity index (χ0v) is 16.6. The average molecular weight is 358 g/mol. The smallest absolute Gasteiger partial charge is 0.224 e. The Balaban J connectivity index is 1.78. The van der Waals surface area contributed by atoms with E-state index < -0.39 is 0 Å². The van der Waals surface area contributed by atoms with Gasteiger partial charge in [0, 0.05) is 35.6 Å². The van der Waals surface area contributed by atoms with Crippen molar-refractivity contribution >= 4 is 28.6 Å². The van der Waals surface area contributed by atoms with Crippen LogP contribution in [0.3, 0.4) is 0 Å². The van der Waals surface area contributed by atoms with E-state index in [1.807, 2.05) is 5.51 Å². The molecule has 1 aliphatic rings. The molecular formula is C20H27N3OS. The van der Waals surface area contributed by atoms with E-state index in [2.05, 4.69) is 62.0 Å². The van der Waals surface area contributed by atoms with Crippen LogP contribution in [0, 0.1) is 19.3 Å². The van der Waals surface area contributed by atoms with Gasteiger partial charge in [0.15, 0.2) is 0 Å². The summed E-state index contributed by atoms with van der Waals surface area (Å²) in [4.78, 5) is 20.6. The van der Waals surface area contributed by atoms with Gasteiger partial charge in [0.2, 0.25) is 5.91 Å². The first-order chi connectivity index (χ1) is 11.7. The fraction of sp³-hybridized carbons (Fsp3) is 0.500. The summed E-state index contributed by atoms with van der Waals surface area (Å²) < 4.78 is 0. The summed E-state index contributed by atoms with van der Waals surface area (Å²) in [6, 6.07) is 4.36. The second-order valence-electron chi connectivity index (χ2n) is 8.13. The summed E-state index contributed by atoms with van der Waals surface area (Å²) in [5, 5.41) is 3.11. The minimum Gasteiger partial charge on any atom is -0.365 e. The molecule has 0 atom stereocenters. The minimum absolute atomic E-state index is 0.00905. The molecule has 0 saturated carbocycles. The largest absolute Gasteiger partial charge is 0.365 e. The fourth-order valence-electron chi connectivity index (χ4n) is 3.33.